The molecule has 1 atom stereocenters. The Labute approximate surface area is 159 Å². The zero-order valence-corrected chi connectivity index (χ0v) is 16.0. The van der Waals surface area contributed by atoms with Gasteiger partial charge in [0.2, 0.25) is 0 Å². The van der Waals surface area contributed by atoms with Crippen LogP contribution in [0.1, 0.15) is 12.5 Å². The zero-order valence-electron chi connectivity index (χ0n) is 16.0. The van der Waals surface area contributed by atoms with E-state index in [1.165, 1.54) is 0 Å². The Kier molecular flexibility index (Phi) is 6.01. The minimum absolute atomic E-state index is 0.128. The number of nitrogens with zero attached hydrogens (tertiary/aromatic N) is 3. The number of hydrogen-bond acceptors (Lipinski definition) is 5. The molecular weight excluding hydrogens is 344 g/mol. The number of carbonyl (C=O) groups excluding carboxylic acids is 1. The number of rotatable bonds is 6. The molecule has 0 saturated carbocycles. The van der Waals surface area contributed by atoms with Crippen LogP contribution in [0.25, 0.3) is 0 Å². The van der Waals surface area contributed by atoms with Gasteiger partial charge < -0.3 is 24.6 Å². The third-order valence-corrected chi connectivity index (χ3v) is 4.37. The minimum atomic E-state index is -0.188. The van der Waals surface area contributed by atoms with Crippen molar-refractivity contribution in [3.05, 3.63) is 48.2 Å². The molecule has 1 aliphatic rings. The van der Waals surface area contributed by atoms with E-state index in [9.17, 15) is 4.79 Å². The molecule has 7 nitrogen and oxygen atoms in total. The SMILES string of the molecule is CCN(C[C@@H]1COc2ccccc2O1)C(=O)NCc1ccc(N(C)C)nc1. The van der Waals surface area contributed by atoms with E-state index in [0.29, 0.717) is 26.2 Å². The van der Waals surface area contributed by atoms with Crippen molar-refractivity contribution in [3.8, 4) is 11.5 Å². The molecule has 0 bridgehead atoms. The topological polar surface area (TPSA) is 66.9 Å². The van der Waals surface area contributed by atoms with Gasteiger partial charge >= 0.3 is 6.03 Å². The number of likely N-dealkylation sites (N-methyl/N-ethyl adjacent to an activating group) is 1. The maximum absolute atomic E-state index is 12.5. The Morgan fingerprint density at radius 1 is 1.22 bits per heavy atom. The summed E-state index contributed by atoms with van der Waals surface area (Å²) in [5, 5.41) is 2.94. The number of pyridine rings is 1. The number of benzene rings is 1. The molecule has 0 fully saturated rings. The Bertz CT molecular complexity index is 764. The second-order valence-corrected chi connectivity index (χ2v) is 6.61. The number of amides is 2. The molecule has 2 amide bonds. The lowest BCUT2D eigenvalue weighted by molar-refractivity contribution is 0.0675. The molecule has 0 radical (unpaired) electrons. The first kappa shape index (κ1) is 18.8. The van der Waals surface area contributed by atoms with Crippen molar-refractivity contribution in [3.63, 3.8) is 0 Å². The van der Waals surface area contributed by atoms with Gasteiger partial charge in [-0.3, -0.25) is 0 Å². The Morgan fingerprint density at radius 2 is 2.00 bits per heavy atom. The third-order valence-electron chi connectivity index (χ3n) is 4.37. The van der Waals surface area contributed by atoms with Crippen LogP contribution in [0, 0.1) is 0 Å². The van der Waals surface area contributed by atoms with Gasteiger partial charge in [0.1, 0.15) is 12.4 Å². The Hall–Kier alpha value is -2.96. The van der Waals surface area contributed by atoms with Gasteiger partial charge in [-0.25, -0.2) is 9.78 Å². The predicted octanol–water partition coefficient (Wildman–Crippen LogP) is 2.52. The fraction of sp³-hybridized carbons (Fsp3) is 0.400. The standard InChI is InChI=1S/C20H26N4O3/c1-4-24(13-16-14-26-17-7-5-6-8-18(17)27-16)20(25)22-12-15-9-10-19(21-11-15)23(2)3/h5-11,16H,4,12-14H2,1-3H3,(H,22,25)/t16-/m1/s1. The van der Waals surface area contributed by atoms with Gasteiger partial charge in [0, 0.05) is 33.4 Å². The minimum Gasteiger partial charge on any atom is -0.486 e. The van der Waals surface area contributed by atoms with E-state index in [1.807, 2.05) is 62.3 Å². The normalized spacial score (nSPS) is 15.1. The molecule has 1 N–H and O–H groups in total. The second kappa shape index (κ2) is 8.62. The van der Waals surface area contributed by atoms with E-state index >= 15 is 0 Å². The summed E-state index contributed by atoms with van der Waals surface area (Å²) < 4.78 is 11.7. The van der Waals surface area contributed by atoms with E-state index in [2.05, 4.69) is 10.3 Å². The highest BCUT2D eigenvalue weighted by Gasteiger charge is 2.24. The highest BCUT2D eigenvalue weighted by Crippen LogP contribution is 2.31. The molecule has 3 rings (SSSR count). The molecule has 0 unspecified atom stereocenters. The monoisotopic (exact) mass is 370 g/mol. The lowest BCUT2D eigenvalue weighted by Gasteiger charge is -2.31. The van der Waals surface area contributed by atoms with Crippen LogP contribution in [0.2, 0.25) is 0 Å². The van der Waals surface area contributed by atoms with Crippen LogP contribution in [-0.2, 0) is 6.54 Å². The molecule has 0 aliphatic carbocycles. The van der Waals surface area contributed by atoms with Gasteiger partial charge in [0.25, 0.3) is 0 Å². The quantitative estimate of drug-likeness (QED) is 0.846. The molecular formula is C20H26N4O3. The Morgan fingerprint density at radius 3 is 2.67 bits per heavy atom. The van der Waals surface area contributed by atoms with E-state index in [1.54, 1.807) is 11.1 Å². The van der Waals surface area contributed by atoms with Crippen molar-refractivity contribution in [1.82, 2.24) is 15.2 Å². The van der Waals surface area contributed by atoms with Crippen molar-refractivity contribution in [2.24, 2.45) is 0 Å². The summed E-state index contributed by atoms with van der Waals surface area (Å²) in [5.74, 6) is 2.35. The summed E-state index contributed by atoms with van der Waals surface area (Å²) in [6, 6.07) is 11.3. The highest BCUT2D eigenvalue weighted by molar-refractivity contribution is 5.74. The molecule has 2 heterocycles. The Balaban J connectivity index is 1.52. The van der Waals surface area contributed by atoms with Crippen LogP contribution in [0.4, 0.5) is 10.6 Å². The third kappa shape index (κ3) is 4.81. The van der Waals surface area contributed by atoms with Gasteiger partial charge in [-0.15, -0.1) is 0 Å². The maximum atomic E-state index is 12.5. The number of nitrogens with one attached hydrogen (secondary N) is 1. The summed E-state index contributed by atoms with van der Waals surface area (Å²) in [4.78, 5) is 20.6. The maximum Gasteiger partial charge on any atom is 0.317 e. The summed E-state index contributed by atoms with van der Waals surface area (Å²) in [6.07, 6.45) is 1.59. The van der Waals surface area contributed by atoms with E-state index in [-0.39, 0.29) is 12.1 Å². The number of hydrogen-bond donors (Lipinski definition) is 1. The van der Waals surface area contributed by atoms with Gasteiger partial charge in [-0.1, -0.05) is 18.2 Å². The molecule has 144 valence electrons. The highest BCUT2D eigenvalue weighted by atomic mass is 16.6. The molecule has 7 heteroatoms. The molecule has 1 aromatic carbocycles. The lowest BCUT2D eigenvalue weighted by atomic mass is 10.2. The van der Waals surface area contributed by atoms with Crippen molar-refractivity contribution in [1.29, 1.82) is 0 Å². The van der Waals surface area contributed by atoms with Crippen LogP contribution in [0.3, 0.4) is 0 Å². The molecule has 1 aliphatic heterocycles. The summed E-state index contributed by atoms with van der Waals surface area (Å²) in [7, 11) is 3.89. The number of fused-ring (bicyclic) bond motifs is 1. The van der Waals surface area contributed by atoms with Gasteiger partial charge in [-0.2, -0.15) is 0 Å². The lowest BCUT2D eigenvalue weighted by Crippen LogP contribution is -2.47. The van der Waals surface area contributed by atoms with Gasteiger partial charge in [0.15, 0.2) is 17.6 Å². The average Bonchev–Trinajstić information content (AvgIpc) is 2.70. The largest absolute Gasteiger partial charge is 0.486 e. The van der Waals surface area contributed by atoms with Crippen molar-refractivity contribution < 1.29 is 14.3 Å². The number of ether oxygens (including phenoxy) is 2. The van der Waals surface area contributed by atoms with Crippen LogP contribution >= 0.6 is 0 Å². The summed E-state index contributed by atoms with van der Waals surface area (Å²) in [6.45, 7) is 3.86. The van der Waals surface area contributed by atoms with Crippen molar-refractivity contribution >= 4 is 11.8 Å². The second-order valence-electron chi connectivity index (χ2n) is 6.61. The molecule has 1 aromatic heterocycles. The molecule has 0 saturated heterocycles. The van der Waals surface area contributed by atoms with Crippen molar-refractivity contribution in [2.75, 3.05) is 38.7 Å². The van der Waals surface area contributed by atoms with Crippen LogP contribution < -0.4 is 19.7 Å². The number of anilines is 1. The number of aromatic nitrogens is 1. The number of urea groups is 1. The summed E-state index contributed by atoms with van der Waals surface area (Å²) in [5.41, 5.74) is 0.955. The van der Waals surface area contributed by atoms with Crippen LogP contribution in [0.15, 0.2) is 42.6 Å². The molecule has 2 aromatic rings. The van der Waals surface area contributed by atoms with Crippen LogP contribution in [-0.4, -0.2) is 55.8 Å². The molecule has 27 heavy (non-hydrogen) atoms. The van der Waals surface area contributed by atoms with E-state index in [0.717, 1.165) is 22.9 Å². The first-order chi connectivity index (χ1) is 13.1. The first-order valence-electron chi connectivity index (χ1n) is 9.10. The zero-order chi connectivity index (χ0) is 19.2. The first-order valence-corrected chi connectivity index (χ1v) is 9.10. The fourth-order valence-electron chi connectivity index (χ4n) is 2.83. The predicted molar refractivity (Wildman–Crippen MR) is 104 cm³/mol. The van der Waals surface area contributed by atoms with Crippen LogP contribution in [0.5, 0.6) is 11.5 Å². The number of carbonyl (C=O) groups is 1. The summed E-state index contributed by atoms with van der Waals surface area (Å²) >= 11 is 0. The average molecular weight is 370 g/mol. The van der Waals surface area contributed by atoms with Gasteiger partial charge in [0.05, 0.1) is 6.54 Å². The van der Waals surface area contributed by atoms with Crippen molar-refractivity contribution in [2.45, 2.75) is 19.6 Å². The smallest absolute Gasteiger partial charge is 0.317 e. The molecule has 0 spiro atoms. The fourth-order valence-corrected chi connectivity index (χ4v) is 2.83. The van der Waals surface area contributed by atoms with Gasteiger partial charge in [-0.05, 0) is 30.7 Å². The van der Waals surface area contributed by atoms with E-state index in [4.69, 9.17) is 9.47 Å². The van der Waals surface area contributed by atoms with E-state index < -0.39 is 0 Å². The number of para-hydroxylation sites is 2.